The summed E-state index contributed by atoms with van der Waals surface area (Å²) in [5.74, 6) is 1.000. The van der Waals surface area contributed by atoms with Gasteiger partial charge in [-0.1, -0.05) is 115 Å². The summed E-state index contributed by atoms with van der Waals surface area (Å²) in [6.07, 6.45) is 15.4. The zero-order valence-electron chi connectivity index (χ0n) is 26.2. The molecule has 0 spiro atoms. The number of nitrogens with one attached hydrogen (secondary N) is 1. The summed E-state index contributed by atoms with van der Waals surface area (Å²) in [7, 11) is 0. The normalized spacial score (nSPS) is 16.1. The van der Waals surface area contributed by atoms with E-state index < -0.39 is 6.67 Å². The zero-order chi connectivity index (χ0) is 30.6. The van der Waals surface area contributed by atoms with Gasteiger partial charge in [0.2, 0.25) is 0 Å². The third kappa shape index (κ3) is 10.2. The van der Waals surface area contributed by atoms with Crippen molar-refractivity contribution in [2.45, 2.75) is 60.8 Å². The lowest BCUT2D eigenvalue weighted by Crippen LogP contribution is -2.22. The van der Waals surface area contributed by atoms with Crippen LogP contribution in [-0.2, 0) is 5.41 Å². The number of alkyl halides is 1. The molecule has 0 atom stereocenters. The zero-order valence-corrected chi connectivity index (χ0v) is 26.2. The largest absolute Gasteiger partial charge is 0.381 e. The quantitative estimate of drug-likeness (QED) is 0.185. The van der Waals surface area contributed by atoms with Crippen molar-refractivity contribution >= 4 is 18.4 Å². The molecule has 1 heterocycles. The molecule has 1 aliphatic heterocycles. The summed E-state index contributed by atoms with van der Waals surface area (Å²) >= 11 is 0. The van der Waals surface area contributed by atoms with Gasteiger partial charge < -0.3 is 5.32 Å². The van der Waals surface area contributed by atoms with E-state index in [1.807, 2.05) is 32.1 Å². The van der Waals surface area contributed by atoms with Crippen LogP contribution in [0.25, 0.3) is 0 Å². The van der Waals surface area contributed by atoms with Crippen LogP contribution in [-0.4, -0.2) is 38.2 Å². The summed E-state index contributed by atoms with van der Waals surface area (Å²) < 4.78 is 12.6. The van der Waals surface area contributed by atoms with Gasteiger partial charge in [-0.2, -0.15) is 0 Å². The summed E-state index contributed by atoms with van der Waals surface area (Å²) in [6, 6.07) is 8.36. The maximum atomic E-state index is 12.6. The number of aliphatic imine (C=N–C) groups is 3. The molecule has 2 rings (SSSR count). The summed E-state index contributed by atoms with van der Waals surface area (Å²) in [4.78, 5) is 14.0. The van der Waals surface area contributed by atoms with E-state index in [1.165, 1.54) is 17.2 Å². The lowest BCUT2D eigenvalue weighted by atomic mass is 9.86. The highest BCUT2D eigenvalue weighted by molar-refractivity contribution is 6.13. The van der Waals surface area contributed by atoms with Crippen molar-refractivity contribution in [3.8, 4) is 0 Å². The Bertz CT molecular complexity index is 1330. The minimum Gasteiger partial charge on any atom is -0.381 e. The fourth-order valence-corrected chi connectivity index (χ4v) is 4.19. The van der Waals surface area contributed by atoms with Gasteiger partial charge >= 0.3 is 0 Å². The summed E-state index contributed by atoms with van der Waals surface area (Å²) in [5.41, 5.74) is 7.05. The minimum absolute atomic E-state index is 0.0130. The van der Waals surface area contributed by atoms with E-state index in [0.29, 0.717) is 30.3 Å². The van der Waals surface area contributed by atoms with Crippen molar-refractivity contribution in [2.24, 2.45) is 20.4 Å². The molecule has 1 aromatic carbocycles. The molecule has 1 aromatic rings. The van der Waals surface area contributed by atoms with Crippen molar-refractivity contribution in [3.63, 3.8) is 0 Å². The molecule has 0 fully saturated rings. The Morgan fingerprint density at radius 1 is 0.976 bits per heavy atom. The second-order valence-electron chi connectivity index (χ2n) is 12.0. The van der Waals surface area contributed by atoms with Gasteiger partial charge in [0.05, 0.1) is 6.54 Å². The lowest BCUT2D eigenvalue weighted by Gasteiger charge is -2.20. The molecule has 0 radical (unpaired) electrons. The van der Waals surface area contributed by atoms with E-state index in [2.05, 4.69) is 108 Å². The smallest absolute Gasteiger partial charge is 0.160 e. The van der Waals surface area contributed by atoms with E-state index in [1.54, 1.807) is 6.08 Å². The Labute approximate surface area is 247 Å². The highest BCUT2D eigenvalue weighted by Crippen LogP contribution is 2.27. The molecule has 41 heavy (non-hydrogen) atoms. The van der Waals surface area contributed by atoms with Crippen molar-refractivity contribution < 1.29 is 4.39 Å². The highest BCUT2D eigenvalue weighted by atomic mass is 19.1. The number of benzene rings is 1. The first-order valence-corrected chi connectivity index (χ1v) is 14.1. The number of rotatable bonds is 9. The predicted octanol–water partition coefficient (Wildman–Crippen LogP) is 8.82. The van der Waals surface area contributed by atoms with Crippen molar-refractivity contribution in [2.75, 3.05) is 19.8 Å². The molecule has 1 N–H and O–H groups in total. The molecular formula is C36H47FN4. The number of hydrogen-bond acceptors (Lipinski definition) is 2. The van der Waals surface area contributed by atoms with Gasteiger partial charge in [0, 0.05) is 23.4 Å². The van der Waals surface area contributed by atoms with E-state index >= 15 is 0 Å². The summed E-state index contributed by atoms with van der Waals surface area (Å²) in [6.45, 7) is 25.7. The number of halogens is 1. The second kappa shape index (κ2) is 15.2. The first-order valence-electron chi connectivity index (χ1n) is 14.1. The van der Waals surface area contributed by atoms with Crippen LogP contribution in [0.1, 0.15) is 66.5 Å². The van der Waals surface area contributed by atoms with Crippen LogP contribution in [0, 0.1) is 5.41 Å². The van der Waals surface area contributed by atoms with Crippen LogP contribution < -0.4 is 5.32 Å². The molecule has 0 unspecified atom stereocenters. The van der Waals surface area contributed by atoms with Crippen molar-refractivity contribution in [1.29, 1.82) is 0 Å². The van der Waals surface area contributed by atoms with Gasteiger partial charge in [0.1, 0.15) is 6.67 Å². The van der Waals surface area contributed by atoms with Gasteiger partial charge in [0.25, 0.3) is 0 Å². The van der Waals surface area contributed by atoms with Crippen LogP contribution in [0.5, 0.6) is 0 Å². The van der Waals surface area contributed by atoms with Gasteiger partial charge in [-0.25, -0.2) is 14.4 Å². The number of hydrogen-bond donors (Lipinski definition) is 1. The molecule has 0 bridgehead atoms. The summed E-state index contributed by atoms with van der Waals surface area (Å²) in [5, 5.41) is 3.42. The first-order chi connectivity index (χ1) is 19.3. The second-order valence-corrected chi connectivity index (χ2v) is 12.0. The van der Waals surface area contributed by atoms with Crippen molar-refractivity contribution in [1.82, 2.24) is 5.32 Å². The van der Waals surface area contributed by atoms with Crippen LogP contribution in [0.3, 0.4) is 0 Å². The maximum Gasteiger partial charge on any atom is 0.160 e. The van der Waals surface area contributed by atoms with Gasteiger partial charge in [-0.3, -0.25) is 4.99 Å². The predicted molar refractivity (Wildman–Crippen MR) is 178 cm³/mol. The van der Waals surface area contributed by atoms with Crippen molar-refractivity contribution in [3.05, 3.63) is 119 Å². The molecule has 0 amide bonds. The SMILES string of the molecule is C=NC(=NC(=NCC1=CC=C(C(/C=C\CF)=C/C)NC1)c1ccc(C(C)(C)C)cc1)C(=C)/C=C\C(=C/C)C(C)(C)C. The third-order valence-electron chi connectivity index (χ3n) is 6.73. The van der Waals surface area contributed by atoms with Gasteiger partial charge in [-0.15, -0.1) is 0 Å². The van der Waals surface area contributed by atoms with Crippen LogP contribution in [0.15, 0.2) is 122 Å². The van der Waals surface area contributed by atoms with Crippen LogP contribution in [0.4, 0.5) is 4.39 Å². The Balaban J connectivity index is 2.46. The number of dihydropyridines is 1. The molecule has 5 heteroatoms. The Morgan fingerprint density at radius 3 is 2.15 bits per heavy atom. The first kappa shape index (κ1) is 33.3. The molecule has 0 saturated carbocycles. The van der Waals surface area contributed by atoms with E-state index in [0.717, 1.165) is 22.4 Å². The molecule has 4 nitrogen and oxygen atoms in total. The van der Waals surface area contributed by atoms with Crippen LogP contribution in [0.2, 0.25) is 0 Å². The highest BCUT2D eigenvalue weighted by Gasteiger charge is 2.16. The lowest BCUT2D eigenvalue weighted by molar-refractivity contribution is 0.516. The number of nitrogens with zero attached hydrogens (tertiary/aromatic N) is 3. The molecular weight excluding hydrogens is 507 g/mol. The van der Waals surface area contributed by atoms with Crippen LogP contribution >= 0.6 is 0 Å². The fraction of sp³-hybridized carbons (Fsp3) is 0.361. The molecule has 0 aromatic heterocycles. The molecule has 218 valence electrons. The fourth-order valence-electron chi connectivity index (χ4n) is 4.19. The van der Waals surface area contributed by atoms with Gasteiger partial charge in [0.15, 0.2) is 11.7 Å². The minimum atomic E-state index is -0.489. The molecule has 0 saturated heterocycles. The Hall–Kier alpha value is -3.86. The average molecular weight is 555 g/mol. The topological polar surface area (TPSA) is 49.1 Å². The molecule has 1 aliphatic rings. The number of amidine groups is 2. The third-order valence-corrected chi connectivity index (χ3v) is 6.73. The van der Waals surface area contributed by atoms with E-state index in [9.17, 15) is 4.39 Å². The molecule has 0 aliphatic carbocycles. The van der Waals surface area contributed by atoms with E-state index in [4.69, 9.17) is 9.98 Å². The number of allylic oxidation sites excluding steroid dienone is 8. The Morgan fingerprint density at radius 2 is 1.66 bits per heavy atom. The standard InChI is InChI=1S/C36H47FN4/c1-11-28(14-13-23-37)32-22-16-27(24-39-32)25-40-34(29-17-20-31(21-18-29)36(7,8)9)41-33(38-10)26(3)15-19-30(12-2)35(4,5)6/h11-22,39H,3,10,23-25H2,1-2,4-9H3/b14-13-,19-15-,28-11+,30-12+,40-34?,41-33?. The van der Waals surface area contributed by atoms with Gasteiger partial charge in [-0.05, 0) is 59.8 Å². The maximum absolute atomic E-state index is 12.6. The Kier molecular flexibility index (Phi) is 12.4. The van der Waals surface area contributed by atoms with E-state index in [-0.39, 0.29) is 10.8 Å². The average Bonchev–Trinajstić information content (AvgIpc) is 2.93. The monoisotopic (exact) mass is 554 g/mol.